The minimum Gasteiger partial charge on any atom is -0.394 e. The van der Waals surface area contributed by atoms with Crippen molar-refractivity contribution in [1.82, 2.24) is 15.1 Å². The second-order valence-corrected chi connectivity index (χ2v) is 6.25. The van der Waals surface area contributed by atoms with Crippen LogP contribution in [0.25, 0.3) is 0 Å². The molecule has 0 aromatic heterocycles. The van der Waals surface area contributed by atoms with Gasteiger partial charge >= 0.3 is 0 Å². The van der Waals surface area contributed by atoms with Crippen LogP contribution in [0.1, 0.15) is 27.2 Å². The third kappa shape index (κ3) is 5.22. The predicted octanol–water partition coefficient (Wildman–Crippen LogP) is 0.621. The van der Waals surface area contributed by atoms with E-state index in [1.165, 1.54) is 19.6 Å². The molecule has 1 aliphatic rings. The fourth-order valence-corrected chi connectivity index (χ4v) is 2.40. The van der Waals surface area contributed by atoms with Crippen LogP contribution in [0, 0.1) is 5.92 Å². The number of aliphatic hydroxyl groups is 1. The molecule has 0 saturated carbocycles. The van der Waals surface area contributed by atoms with Crippen molar-refractivity contribution in [1.29, 1.82) is 0 Å². The van der Waals surface area contributed by atoms with Gasteiger partial charge in [-0.25, -0.2) is 0 Å². The SMILES string of the molecule is CNC(C)(CO)CCN1CCN(CC(C)C)CC1. The van der Waals surface area contributed by atoms with Crippen molar-refractivity contribution in [2.75, 3.05) is 52.9 Å². The van der Waals surface area contributed by atoms with E-state index in [0.29, 0.717) is 0 Å². The number of hydrogen-bond donors (Lipinski definition) is 2. The molecule has 1 fully saturated rings. The van der Waals surface area contributed by atoms with Crippen molar-refractivity contribution in [3.05, 3.63) is 0 Å². The highest BCUT2D eigenvalue weighted by molar-refractivity contribution is 4.83. The number of aliphatic hydroxyl groups excluding tert-OH is 1. The number of hydrogen-bond acceptors (Lipinski definition) is 4. The van der Waals surface area contributed by atoms with Crippen molar-refractivity contribution >= 4 is 0 Å². The molecule has 0 aromatic carbocycles. The molecule has 0 bridgehead atoms. The van der Waals surface area contributed by atoms with Crippen LogP contribution in [-0.4, -0.2) is 73.4 Å². The summed E-state index contributed by atoms with van der Waals surface area (Å²) in [6, 6.07) is 0. The molecule has 1 atom stereocenters. The van der Waals surface area contributed by atoms with Crippen LogP contribution in [0.2, 0.25) is 0 Å². The third-order valence-electron chi connectivity index (χ3n) is 4.02. The minimum absolute atomic E-state index is 0.130. The van der Waals surface area contributed by atoms with Gasteiger partial charge in [-0.3, -0.25) is 0 Å². The molecule has 1 heterocycles. The quantitative estimate of drug-likeness (QED) is 0.701. The maximum Gasteiger partial charge on any atom is 0.0610 e. The molecule has 2 N–H and O–H groups in total. The molecule has 0 aliphatic carbocycles. The van der Waals surface area contributed by atoms with Gasteiger partial charge in [-0.2, -0.15) is 0 Å². The Morgan fingerprint density at radius 1 is 1.17 bits per heavy atom. The topological polar surface area (TPSA) is 38.7 Å². The van der Waals surface area contributed by atoms with E-state index in [9.17, 15) is 5.11 Å². The van der Waals surface area contributed by atoms with E-state index in [4.69, 9.17) is 0 Å². The van der Waals surface area contributed by atoms with Gasteiger partial charge in [-0.15, -0.1) is 0 Å². The van der Waals surface area contributed by atoms with E-state index in [0.717, 1.165) is 32.0 Å². The van der Waals surface area contributed by atoms with Crippen LogP contribution >= 0.6 is 0 Å². The fourth-order valence-electron chi connectivity index (χ4n) is 2.40. The lowest BCUT2D eigenvalue weighted by molar-refractivity contribution is 0.102. The summed E-state index contributed by atoms with van der Waals surface area (Å²) in [5.41, 5.74) is -0.130. The van der Waals surface area contributed by atoms with Gasteiger partial charge in [0, 0.05) is 44.8 Å². The lowest BCUT2D eigenvalue weighted by atomic mass is 9.99. The van der Waals surface area contributed by atoms with Gasteiger partial charge in [-0.1, -0.05) is 13.8 Å². The van der Waals surface area contributed by atoms with Crippen LogP contribution < -0.4 is 5.32 Å². The lowest BCUT2D eigenvalue weighted by Crippen LogP contribution is -2.50. The maximum absolute atomic E-state index is 9.37. The van der Waals surface area contributed by atoms with Crippen molar-refractivity contribution in [3.8, 4) is 0 Å². The lowest BCUT2D eigenvalue weighted by Gasteiger charge is -2.37. The first-order valence-corrected chi connectivity index (χ1v) is 7.23. The summed E-state index contributed by atoms with van der Waals surface area (Å²) in [5, 5.41) is 12.6. The Kier molecular flexibility index (Phi) is 6.57. The molecule has 1 saturated heterocycles. The van der Waals surface area contributed by atoms with Crippen molar-refractivity contribution < 1.29 is 5.11 Å². The fraction of sp³-hybridized carbons (Fsp3) is 1.00. The number of nitrogens with one attached hydrogen (secondary N) is 1. The first-order valence-electron chi connectivity index (χ1n) is 7.23. The molecule has 18 heavy (non-hydrogen) atoms. The van der Waals surface area contributed by atoms with E-state index in [1.807, 2.05) is 7.05 Å². The Hall–Kier alpha value is -0.160. The van der Waals surface area contributed by atoms with Gasteiger partial charge in [0.05, 0.1) is 6.61 Å². The van der Waals surface area contributed by atoms with Gasteiger partial charge in [0.15, 0.2) is 0 Å². The zero-order valence-electron chi connectivity index (χ0n) is 12.6. The molecule has 1 rings (SSSR count). The van der Waals surface area contributed by atoms with Crippen molar-refractivity contribution in [3.63, 3.8) is 0 Å². The molecule has 0 aromatic rings. The van der Waals surface area contributed by atoms with Crippen LogP contribution in [0.4, 0.5) is 0 Å². The summed E-state index contributed by atoms with van der Waals surface area (Å²) in [5.74, 6) is 0.763. The third-order valence-corrected chi connectivity index (χ3v) is 4.02. The van der Waals surface area contributed by atoms with Gasteiger partial charge in [0.25, 0.3) is 0 Å². The maximum atomic E-state index is 9.37. The Morgan fingerprint density at radius 2 is 1.72 bits per heavy atom. The average molecular weight is 257 g/mol. The van der Waals surface area contributed by atoms with Crippen LogP contribution in [0.5, 0.6) is 0 Å². The molecule has 4 nitrogen and oxygen atoms in total. The summed E-state index contributed by atoms with van der Waals surface area (Å²) in [6.45, 7) is 13.9. The monoisotopic (exact) mass is 257 g/mol. The molecule has 1 unspecified atom stereocenters. The van der Waals surface area contributed by atoms with Crippen molar-refractivity contribution in [2.24, 2.45) is 5.92 Å². The standard InChI is InChI=1S/C14H31N3O/c1-13(2)11-17-9-7-16(8-10-17)6-5-14(3,12-18)15-4/h13,15,18H,5-12H2,1-4H3. The zero-order chi connectivity index (χ0) is 13.6. The second kappa shape index (κ2) is 7.43. The molecular weight excluding hydrogens is 226 g/mol. The van der Waals surface area contributed by atoms with Gasteiger partial charge in [-0.05, 0) is 26.3 Å². The van der Waals surface area contributed by atoms with Crippen LogP contribution in [0.3, 0.4) is 0 Å². The summed E-state index contributed by atoms with van der Waals surface area (Å²) in [6.07, 6.45) is 1.00. The minimum atomic E-state index is -0.130. The molecule has 0 spiro atoms. The van der Waals surface area contributed by atoms with Gasteiger partial charge < -0.3 is 20.2 Å². The largest absolute Gasteiger partial charge is 0.394 e. The van der Waals surface area contributed by atoms with E-state index in [2.05, 4.69) is 35.9 Å². The van der Waals surface area contributed by atoms with Gasteiger partial charge in [0.1, 0.15) is 0 Å². The van der Waals surface area contributed by atoms with Crippen molar-refractivity contribution in [2.45, 2.75) is 32.7 Å². The van der Waals surface area contributed by atoms with E-state index in [1.54, 1.807) is 0 Å². The summed E-state index contributed by atoms with van der Waals surface area (Å²) in [4.78, 5) is 5.08. The normalized spacial score (nSPS) is 22.3. The zero-order valence-corrected chi connectivity index (χ0v) is 12.6. The highest BCUT2D eigenvalue weighted by Gasteiger charge is 2.23. The highest BCUT2D eigenvalue weighted by Crippen LogP contribution is 2.11. The number of nitrogens with zero attached hydrogens (tertiary/aromatic N) is 2. The highest BCUT2D eigenvalue weighted by atomic mass is 16.3. The summed E-state index contributed by atoms with van der Waals surface area (Å²) < 4.78 is 0. The number of likely N-dealkylation sites (N-methyl/N-ethyl adjacent to an activating group) is 1. The van der Waals surface area contributed by atoms with Crippen LogP contribution in [-0.2, 0) is 0 Å². The molecule has 4 heteroatoms. The first-order chi connectivity index (χ1) is 8.49. The Balaban J connectivity index is 2.23. The molecule has 0 amide bonds. The van der Waals surface area contributed by atoms with E-state index in [-0.39, 0.29) is 12.1 Å². The smallest absolute Gasteiger partial charge is 0.0610 e. The van der Waals surface area contributed by atoms with Crippen LogP contribution in [0.15, 0.2) is 0 Å². The van der Waals surface area contributed by atoms with Gasteiger partial charge in [0.2, 0.25) is 0 Å². The second-order valence-electron chi connectivity index (χ2n) is 6.25. The first kappa shape index (κ1) is 15.9. The summed E-state index contributed by atoms with van der Waals surface area (Å²) in [7, 11) is 1.93. The predicted molar refractivity (Wildman–Crippen MR) is 76.9 cm³/mol. The Morgan fingerprint density at radius 3 is 2.17 bits per heavy atom. The molecule has 0 radical (unpaired) electrons. The average Bonchev–Trinajstić information content (AvgIpc) is 2.37. The van der Waals surface area contributed by atoms with E-state index >= 15 is 0 Å². The number of rotatable bonds is 7. The summed E-state index contributed by atoms with van der Waals surface area (Å²) >= 11 is 0. The molecular formula is C14H31N3O. The molecule has 1 aliphatic heterocycles. The van der Waals surface area contributed by atoms with E-state index < -0.39 is 0 Å². The molecule has 108 valence electrons. The number of piperazine rings is 1. The Bertz CT molecular complexity index is 221. The Labute approximate surface area is 112 Å².